The predicted molar refractivity (Wildman–Crippen MR) is 50.4 cm³/mol. The Morgan fingerprint density at radius 2 is 2.14 bits per heavy atom. The summed E-state index contributed by atoms with van der Waals surface area (Å²) in [4.78, 5) is 21.0. The van der Waals surface area contributed by atoms with Crippen molar-refractivity contribution in [2.75, 3.05) is 14.1 Å². The van der Waals surface area contributed by atoms with E-state index < -0.39 is 0 Å². The van der Waals surface area contributed by atoms with E-state index in [1.54, 1.807) is 14.1 Å². The molecule has 74 valence electrons. The summed E-state index contributed by atoms with van der Waals surface area (Å²) in [6, 6.07) is 3.01. The van der Waals surface area contributed by atoms with Crippen molar-refractivity contribution in [2.24, 2.45) is 5.10 Å². The molecule has 0 saturated carbocycles. The SMILES string of the molecule is CN(C)/N=C(/C=O)c1ccc(C=O)o1. The summed E-state index contributed by atoms with van der Waals surface area (Å²) in [5, 5.41) is 5.36. The number of hydrogen-bond acceptors (Lipinski definition) is 5. The maximum absolute atomic E-state index is 10.6. The summed E-state index contributed by atoms with van der Waals surface area (Å²) >= 11 is 0. The van der Waals surface area contributed by atoms with Crippen molar-refractivity contribution in [3.05, 3.63) is 23.7 Å². The molecule has 0 atom stereocenters. The summed E-state index contributed by atoms with van der Waals surface area (Å²) in [6.07, 6.45) is 1.15. The van der Waals surface area contributed by atoms with Gasteiger partial charge in [0.05, 0.1) is 0 Å². The van der Waals surface area contributed by atoms with Gasteiger partial charge in [0.15, 0.2) is 29.8 Å². The molecule has 14 heavy (non-hydrogen) atoms. The first-order chi connectivity index (χ1) is 6.67. The van der Waals surface area contributed by atoms with Crippen molar-refractivity contribution in [1.29, 1.82) is 0 Å². The Morgan fingerprint density at radius 3 is 2.57 bits per heavy atom. The third-order valence-electron chi connectivity index (χ3n) is 1.41. The molecule has 5 nitrogen and oxygen atoms in total. The maximum Gasteiger partial charge on any atom is 0.185 e. The van der Waals surface area contributed by atoms with E-state index in [0.29, 0.717) is 12.6 Å². The Labute approximate surface area is 81.0 Å². The van der Waals surface area contributed by atoms with Crippen molar-refractivity contribution in [3.8, 4) is 0 Å². The van der Waals surface area contributed by atoms with E-state index in [1.165, 1.54) is 17.1 Å². The fraction of sp³-hybridized carbons (Fsp3) is 0.222. The summed E-state index contributed by atoms with van der Waals surface area (Å²) in [7, 11) is 3.38. The van der Waals surface area contributed by atoms with Crippen LogP contribution >= 0.6 is 0 Å². The molecule has 1 aromatic heterocycles. The van der Waals surface area contributed by atoms with Gasteiger partial charge in [0.2, 0.25) is 0 Å². The lowest BCUT2D eigenvalue weighted by atomic mass is 10.3. The highest BCUT2D eigenvalue weighted by atomic mass is 16.3. The maximum atomic E-state index is 10.6. The van der Waals surface area contributed by atoms with Crippen LogP contribution in [0.15, 0.2) is 21.7 Å². The molecule has 0 radical (unpaired) electrons. The van der Waals surface area contributed by atoms with Gasteiger partial charge in [0.25, 0.3) is 0 Å². The van der Waals surface area contributed by atoms with Crippen molar-refractivity contribution < 1.29 is 14.0 Å². The number of furan rings is 1. The van der Waals surface area contributed by atoms with E-state index in [4.69, 9.17) is 4.42 Å². The predicted octanol–water partition coefficient (Wildman–Crippen LogP) is 0.557. The third kappa shape index (κ3) is 2.29. The average molecular weight is 194 g/mol. The fourth-order valence-corrected chi connectivity index (χ4v) is 0.900. The van der Waals surface area contributed by atoms with Crippen LogP contribution in [0.2, 0.25) is 0 Å². The zero-order chi connectivity index (χ0) is 10.6. The van der Waals surface area contributed by atoms with Gasteiger partial charge in [-0.15, -0.1) is 0 Å². The van der Waals surface area contributed by atoms with Gasteiger partial charge >= 0.3 is 0 Å². The molecule has 0 aliphatic heterocycles. The van der Waals surface area contributed by atoms with Crippen LogP contribution in [0, 0.1) is 0 Å². The first-order valence-corrected chi connectivity index (χ1v) is 3.94. The molecule has 0 saturated heterocycles. The van der Waals surface area contributed by atoms with E-state index in [9.17, 15) is 9.59 Å². The smallest absolute Gasteiger partial charge is 0.185 e. The number of nitrogens with zero attached hydrogens (tertiary/aromatic N) is 2. The fourth-order valence-electron chi connectivity index (χ4n) is 0.900. The highest BCUT2D eigenvalue weighted by Gasteiger charge is 2.08. The van der Waals surface area contributed by atoms with Crippen molar-refractivity contribution in [3.63, 3.8) is 0 Å². The standard InChI is InChI=1S/C9H10N2O3/c1-11(2)10-8(6-13)9-4-3-7(5-12)14-9/h3-6H,1-2H3/b10-8-. The van der Waals surface area contributed by atoms with Gasteiger partial charge in [-0.1, -0.05) is 0 Å². The molecule has 0 bridgehead atoms. The zero-order valence-corrected chi connectivity index (χ0v) is 7.93. The Bertz CT molecular complexity index is 366. The molecule has 0 spiro atoms. The number of carbonyl (C=O) groups excluding carboxylic acids is 2. The van der Waals surface area contributed by atoms with Crippen molar-refractivity contribution in [1.82, 2.24) is 5.01 Å². The second-order valence-electron chi connectivity index (χ2n) is 2.77. The normalized spacial score (nSPS) is 11.1. The van der Waals surface area contributed by atoms with Crippen LogP contribution in [0.5, 0.6) is 0 Å². The minimum atomic E-state index is 0.156. The Balaban J connectivity index is 3.00. The van der Waals surface area contributed by atoms with Gasteiger partial charge < -0.3 is 9.43 Å². The Kier molecular flexibility index (Phi) is 3.17. The molecule has 5 heteroatoms. The zero-order valence-electron chi connectivity index (χ0n) is 7.93. The van der Waals surface area contributed by atoms with Gasteiger partial charge in [-0.2, -0.15) is 5.10 Å². The molecule has 0 unspecified atom stereocenters. The van der Waals surface area contributed by atoms with Gasteiger partial charge in [-0.3, -0.25) is 9.59 Å². The largest absolute Gasteiger partial charge is 0.451 e. The molecule has 0 aliphatic rings. The van der Waals surface area contributed by atoms with E-state index in [2.05, 4.69) is 5.10 Å². The third-order valence-corrected chi connectivity index (χ3v) is 1.41. The lowest BCUT2D eigenvalue weighted by molar-refractivity contribution is -0.102. The summed E-state index contributed by atoms with van der Waals surface area (Å²) in [6.45, 7) is 0. The topological polar surface area (TPSA) is 62.9 Å². The van der Waals surface area contributed by atoms with Crippen LogP contribution in [-0.4, -0.2) is 37.4 Å². The van der Waals surface area contributed by atoms with Gasteiger partial charge in [-0.25, -0.2) is 0 Å². The monoisotopic (exact) mass is 194 g/mol. The molecule has 1 heterocycles. The average Bonchev–Trinajstić information content (AvgIpc) is 2.62. The van der Waals surface area contributed by atoms with E-state index in [0.717, 1.165) is 0 Å². The van der Waals surface area contributed by atoms with E-state index in [-0.39, 0.29) is 17.2 Å². The highest BCUT2D eigenvalue weighted by Crippen LogP contribution is 2.06. The number of hydrazone groups is 1. The summed E-state index contributed by atoms with van der Waals surface area (Å²) in [5.74, 6) is 0.462. The lowest BCUT2D eigenvalue weighted by Crippen LogP contribution is -2.10. The number of aldehydes is 2. The Hall–Kier alpha value is -1.91. The molecule has 0 aliphatic carbocycles. The quantitative estimate of drug-likeness (QED) is 0.399. The van der Waals surface area contributed by atoms with Gasteiger partial charge in [0, 0.05) is 14.1 Å². The molecule has 1 rings (SSSR count). The lowest BCUT2D eigenvalue weighted by Gasteiger charge is -2.03. The number of hydrogen-bond donors (Lipinski definition) is 0. The first kappa shape index (κ1) is 10.2. The molecule has 0 N–H and O–H groups in total. The van der Waals surface area contributed by atoms with Crippen molar-refractivity contribution >= 4 is 18.3 Å². The number of rotatable bonds is 4. The van der Waals surface area contributed by atoms with Gasteiger partial charge in [-0.05, 0) is 12.1 Å². The molecule has 0 fully saturated rings. The summed E-state index contributed by atoms with van der Waals surface area (Å²) < 4.78 is 5.03. The van der Waals surface area contributed by atoms with Crippen LogP contribution in [-0.2, 0) is 4.79 Å². The first-order valence-electron chi connectivity index (χ1n) is 3.94. The molecular formula is C9H10N2O3. The molecule has 0 aromatic carbocycles. The van der Waals surface area contributed by atoms with E-state index >= 15 is 0 Å². The molecular weight excluding hydrogens is 184 g/mol. The Morgan fingerprint density at radius 1 is 1.43 bits per heavy atom. The minimum Gasteiger partial charge on any atom is -0.451 e. The second kappa shape index (κ2) is 4.36. The van der Waals surface area contributed by atoms with Crippen molar-refractivity contribution in [2.45, 2.75) is 0 Å². The van der Waals surface area contributed by atoms with Crippen LogP contribution in [0.3, 0.4) is 0 Å². The molecule has 1 aromatic rings. The van der Waals surface area contributed by atoms with E-state index in [1.807, 2.05) is 0 Å². The van der Waals surface area contributed by atoms with Crippen LogP contribution in [0.1, 0.15) is 16.3 Å². The second-order valence-corrected chi connectivity index (χ2v) is 2.77. The number of carbonyl (C=O) groups is 2. The van der Waals surface area contributed by atoms with Crippen LogP contribution < -0.4 is 0 Å². The van der Waals surface area contributed by atoms with Crippen LogP contribution in [0.25, 0.3) is 0 Å². The van der Waals surface area contributed by atoms with Crippen LogP contribution in [0.4, 0.5) is 0 Å². The van der Waals surface area contributed by atoms with Gasteiger partial charge in [0.1, 0.15) is 0 Å². The molecule has 0 amide bonds. The highest BCUT2D eigenvalue weighted by molar-refractivity contribution is 6.35. The minimum absolute atomic E-state index is 0.156. The summed E-state index contributed by atoms with van der Waals surface area (Å²) in [5.41, 5.74) is 0.156.